The van der Waals surface area contributed by atoms with Gasteiger partial charge < -0.3 is 19.2 Å². The Morgan fingerprint density at radius 1 is 1.11 bits per heavy atom. The molecule has 1 amide bonds. The smallest absolute Gasteiger partial charge is 0.287 e. The average Bonchev–Trinajstić information content (AvgIpc) is 3.00. The highest BCUT2D eigenvalue weighted by Gasteiger charge is 2.21. The van der Waals surface area contributed by atoms with E-state index in [-0.39, 0.29) is 23.5 Å². The molecule has 0 aliphatic rings. The Morgan fingerprint density at radius 3 is 2.54 bits per heavy atom. The fourth-order valence-corrected chi connectivity index (χ4v) is 3.09. The van der Waals surface area contributed by atoms with Crippen LogP contribution in [0.2, 0.25) is 0 Å². The summed E-state index contributed by atoms with van der Waals surface area (Å²) in [7, 11) is 0. The molecule has 0 bridgehead atoms. The standard InChI is InChI=1S/C22H24FNO4/c1-5-26-19-9-7-15(11-20(19)27-6-2)14(4)24-22(25)21-13(3)17-12-16(23)8-10-18(17)28-21/h7-12,14H,5-6H2,1-4H3,(H,24,25). The summed E-state index contributed by atoms with van der Waals surface area (Å²) in [6, 6.07) is 9.51. The lowest BCUT2D eigenvalue weighted by Gasteiger charge is -2.17. The number of benzene rings is 2. The average molecular weight is 385 g/mol. The van der Waals surface area contributed by atoms with Gasteiger partial charge in [0.05, 0.1) is 19.3 Å². The third-order valence-corrected chi connectivity index (χ3v) is 4.52. The van der Waals surface area contributed by atoms with Gasteiger partial charge in [0.15, 0.2) is 17.3 Å². The molecule has 0 saturated heterocycles. The van der Waals surface area contributed by atoms with Crippen molar-refractivity contribution in [1.82, 2.24) is 5.32 Å². The van der Waals surface area contributed by atoms with Gasteiger partial charge in [-0.3, -0.25) is 4.79 Å². The number of rotatable bonds is 7. The van der Waals surface area contributed by atoms with E-state index in [1.807, 2.05) is 39.0 Å². The molecule has 0 radical (unpaired) electrons. The molecule has 28 heavy (non-hydrogen) atoms. The van der Waals surface area contributed by atoms with E-state index < -0.39 is 0 Å². The topological polar surface area (TPSA) is 60.7 Å². The summed E-state index contributed by atoms with van der Waals surface area (Å²) in [5, 5.41) is 3.52. The van der Waals surface area contributed by atoms with Crippen LogP contribution in [0.3, 0.4) is 0 Å². The molecule has 0 fully saturated rings. The fraction of sp³-hybridized carbons (Fsp3) is 0.318. The largest absolute Gasteiger partial charge is 0.490 e. The van der Waals surface area contributed by atoms with E-state index in [2.05, 4.69) is 5.32 Å². The Hall–Kier alpha value is -3.02. The monoisotopic (exact) mass is 385 g/mol. The highest BCUT2D eigenvalue weighted by Crippen LogP contribution is 2.31. The minimum Gasteiger partial charge on any atom is -0.490 e. The second-order valence-electron chi connectivity index (χ2n) is 6.46. The lowest BCUT2D eigenvalue weighted by Crippen LogP contribution is -2.26. The molecule has 1 N–H and O–H groups in total. The van der Waals surface area contributed by atoms with Crippen LogP contribution >= 0.6 is 0 Å². The summed E-state index contributed by atoms with van der Waals surface area (Å²) >= 11 is 0. The van der Waals surface area contributed by atoms with Crippen LogP contribution in [-0.4, -0.2) is 19.1 Å². The first-order valence-corrected chi connectivity index (χ1v) is 9.33. The van der Waals surface area contributed by atoms with Crippen molar-refractivity contribution in [2.24, 2.45) is 0 Å². The van der Waals surface area contributed by atoms with Crippen molar-refractivity contribution in [1.29, 1.82) is 0 Å². The predicted molar refractivity (Wildman–Crippen MR) is 106 cm³/mol. The predicted octanol–water partition coefficient (Wildman–Crippen LogP) is 5.17. The molecule has 0 aliphatic heterocycles. The molecule has 3 rings (SSSR count). The van der Waals surface area contributed by atoms with Crippen molar-refractivity contribution < 1.29 is 23.1 Å². The maximum atomic E-state index is 13.5. The Balaban J connectivity index is 1.82. The van der Waals surface area contributed by atoms with Crippen LogP contribution in [0, 0.1) is 12.7 Å². The van der Waals surface area contributed by atoms with Gasteiger partial charge in [-0.2, -0.15) is 0 Å². The SMILES string of the molecule is CCOc1ccc(C(C)NC(=O)c2oc3ccc(F)cc3c2C)cc1OCC. The van der Waals surface area contributed by atoms with Gasteiger partial charge in [-0.05, 0) is 63.6 Å². The maximum absolute atomic E-state index is 13.5. The van der Waals surface area contributed by atoms with Crippen molar-refractivity contribution in [2.45, 2.75) is 33.7 Å². The van der Waals surface area contributed by atoms with Gasteiger partial charge in [0.2, 0.25) is 0 Å². The number of amides is 1. The molecule has 1 unspecified atom stereocenters. The van der Waals surface area contributed by atoms with Gasteiger partial charge in [0.1, 0.15) is 11.4 Å². The van der Waals surface area contributed by atoms with Crippen LogP contribution < -0.4 is 14.8 Å². The van der Waals surface area contributed by atoms with E-state index in [0.717, 1.165) is 5.56 Å². The summed E-state index contributed by atoms with van der Waals surface area (Å²) in [4.78, 5) is 12.7. The van der Waals surface area contributed by atoms with Gasteiger partial charge in [-0.1, -0.05) is 6.07 Å². The van der Waals surface area contributed by atoms with Crippen LogP contribution in [-0.2, 0) is 0 Å². The van der Waals surface area contributed by atoms with E-state index in [9.17, 15) is 9.18 Å². The number of hydrogen-bond donors (Lipinski definition) is 1. The highest BCUT2D eigenvalue weighted by atomic mass is 19.1. The van der Waals surface area contributed by atoms with Gasteiger partial charge in [-0.25, -0.2) is 4.39 Å². The zero-order valence-corrected chi connectivity index (χ0v) is 16.5. The Morgan fingerprint density at radius 2 is 1.82 bits per heavy atom. The Bertz CT molecular complexity index is 996. The van der Waals surface area contributed by atoms with Gasteiger partial charge in [0, 0.05) is 10.9 Å². The second kappa shape index (κ2) is 8.33. The Kier molecular flexibility index (Phi) is 5.87. The lowest BCUT2D eigenvalue weighted by atomic mass is 10.1. The molecule has 1 heterocycles. The highest BCUT2D eigenvalue weighted by molar-refractivity contribution is 5.99. The summed E-state index contributed by atoms with van der Waals surface area (Å²) in [6.07, 6.45) is 0. The zero-order valence-electron chi connectivity index (χ0n) is 16.5. The third kappa shape index (κ3) is 3.96. The van der Waals surface area contributed by atoms with Crippen molar-refractivity contribution in [3.63, 3.8) is 0 Å². The molecule has 3 aromatic rings. The first kappa shape index (κ1) is 19.7. The molecular formula is C22H24FNO4. The van der Waals surface area contributed by atoms with E-state index >= 15 is 0 Å². The fourth-order valence-electron chi connectivity index (χ4n) is 3.09. The van der Waals surface area contributed by atoms with Crippen LogP contribution in [0.25, 0.3) is 11.0 Å². The zero-order chi connectivity index (χ0) is 20.3. The minimum atomic E-state index is -0.366. The van der Waals surface area contributed by atoms with E-state index in [4.69, 9.17) is 13.9 Å². The van der Waals surface area contributed by atoms with Crippen LogP contribution in [0.5, 0.6) is 11.5 Å². The summed E-state index contributed by atoms with van der Waals surface area (Å²) < 4.78 is 30.3. The van der Waals surface area contributed by atoms with Gasteiger partial charge in [0.25, 0.3) is 5.91 Å². The number of carbonyl (C=O) groups excluding carboxylic acids is 1. The first-order valence-electron chi connectivity index (χ1n) is 9.33. The quantitative estimate of drug-likeness (QED) is 0.610. The number of fused-ring (bicyclic) bond motifs is 1. The number of ether oxygens (including phenoxy) is 2. The van der Waals surface area contributed by atoms with E-state index in [0.29, 0.717) is 41.2 Å². The van der Waals surface area contributed by atoms with Crippen molar-refractivity contribution in [3.8, 4) is 11.5 Å². The van der Waals surface area contributed by atoms with Crippen LogP contribution in [0.1, 0.15) is 48.5 Å². The number of halogens is 1. The molecular weight excluding hydrogens is 361 g/mol. The van der Waals surface area contributed by atoms with E-state index in [1.165, 1.54) is 18.2 Å². The molecule has 1 aromatic heterocycles. The third-order valence-electron chi connectivity index (χ3n) is 4.52. The molecule has 5 nitrogen and oxygen atoms in total. The van der Waals surface area contributed by atoms with Gasteiger partial charge in [-0.15, -0.1) is 0 Å². The van der Waals surface area contributed by atoms with Gasteiger partial charge >= 0.3 is 0 Å². The molecule has 6 heteroatoms. The summed E-state index contributed by atoms with van der Waals surface area (Å²) in [6.45, 7) is 8.49. The number of nitrogens with one attached hydrogen (secondary N) is 1. The molecule has 1 atom stereocenters. The Labute approximate surface area is 163 Å². The second-order valence-corrected chi connectivity index (χ2v) is 6.46. The lowest BCUT2D eigenvalue weighted by molar-refractivity contribution is 0.0913. The van der Waals surface area contributed by atoms with Crippen LogP contribution in [0.4, 0.5) is 4.39 Å². The summed E-state index contributed by atoms with van der Waals surface area (Å²) in [5.74, 6) is 0.770. The molecule has 0 saturated carbocycles. The van der Waals surface area contributed by atoms with Crippen molar-refractivity contribution >= 4 is 16.9 Å². The number of carbonyl (C=O) groups is 1. The van der Waals surface area contributed by atoms with Crippen LogP contribution in [0.15, 0.2) is 40.8 Å². The van der Waals surface area contributed by atoms with E-state index in [1.54, 1.807) is 6.92 Å². The maximum Gasteiger partial charge on any atom is 0.287 e. The first-order chi connectivity index (χ1) is 13.4. The van der Waals surface area contributed by atoms with Crippen molar-refractivity contribution in [3.05, 3.63) is 59.1 Å². The molecule has 0 aliphatic carbocycles. The van der Waals surface area contributed by atoms with Crippen molar-refractivity contribution in [2.75, 3.05) is 13.2 Å². The molecule has 0 spiro atoms. The summed E-state index contributed by atoms with van der Waals surface area (Å²) in [5.41, 5.74) is 1.97. The minimum absolute atomic E-state index is 0.184. The number of hydrogen-bond acceptors (Lipinski definition) is 4. The molecule has 2 aromatic carbocycles. The number of aryl methyl sites for hydroxylation is 1. The number of furan rings is 1. The normalized spacial score (nSPS) is 12.0. The molecule has 148 valence electrons.